The molecule has 4 heterocycles. The third kappa shape index (κ3) is 2.86. The van der Waals surface area contributed by atoms with E-state index in [2.05, 4.69) is 20.6 Å². The van der Waals surface area contributed by atoms with Crippen molar-refractivity contribution in [2.45, 2.75) is 37.4 Å². The summed E-state index contributed by atoms with van der Waals surface area (Å²) in [6.07, 6.45) is 6.95. The Morgan fingerprint density at radius 3 is 2.86 bits per heavy atom. The molecule has 4 rings (SSSR count). The molecule has 0 aliphatic carbocycles. The topological polar surface area (TPSA) is 69.8 Å². The average Bonchev–Trinajstić information content (AvgIpc) is 3.12. The summed E-state index contributed by atoms with van der Waals surface area (Å²) < 4.78 is 0. The molecular formula is C14H18Cl2N4O. The van der Waals surface area contributed by atoms with Gasteiger partial charge in [-0.15, -0.1) is 24.8 Å². The van der Waals surface area contributed by atoms with Gasteiger partial charge in [0.1, 0.15) is 5.69 Å². The number of carbonyl (C=O) groups excluding carboxylic acids is 1. The van der Waals surface area contributed by atoms with Gasteiger partial charge in [-0.1, -0.05) is 0 Å². The minimum absolute atomic E-state index is 0. The second-order valence-electron chi connectivity index (χ2n) is 5.51. The number of pyridine rings is 1. The summed E-state index contributed by atoms with van der Waals surface area (Å²) in [6.45, 7) is 0. The van der Waals surface area contributed by atoms with E-state index in [1.165, 1.54) is 12.8 Å². The molecule has 2 aliphatic heterocycles. The van der Waals surface area contributed by atoms with Gasteiger partial charge in [-0.05, 0) is 31.4 Å². The first-order valence-electron chi connectivity index (χ1n) is 6.79. The van der Waals surface area contributed by atoms with Gasteiger partial charge < -0.3 is 15.6 Å². The average molecular weight is 329 g/mol. The normalized spacial score (nSPS) is 26.2. The van der Waals surface area contributed by atoms with Gasteiger partial charge in [-0.3, -0.25) is 9.78 Å². The smallest absolute Gasteiger partial charge is 0.268 e. The van der Waals surface area contributed by atoms with E-state index >= 15 is 0 Å². The van der Waals surface area contributed by atoms with Crippen molar-refractivity contribution in [2.75, 3.05) is 0 Å². The molecule has 0 aromatic carbocycles. The minimum Gasteiger partial charge on any atom is -0.349 e. The van der Waals surface area contributed by atoms with E-state index in [0.29, 0.717) is 17.8 Å². The highest BCUT2D eigenvalue weighted by Crippen LogP contribution is 2.28. The summed E-state index contributed by atoms with van der Waals surface area (Å²) in [5.74, 6) is -0.0180. The van der Waals surface area contributed by atoms with Crippen LogP contribution in [0.3, 0.4) is 0 Å². The monoisotopic (exact) mass is 328 g/mol. The molecule has 2 bridgehead atoms. The van der Waals surface area contributed by atoms with Crippen molar-refractivity contribution in [1.29, 1.82) is 0 Å². The third-order valence-electron chi connectivity index (χ3n) is 4.29. The second kappa shape index (κ2) is 6.22. The number of nitrogens with one attached hydrogen (secondary N) is 3. The van der Waals surface area contributed by atoms with Gasteiger partial charge >= 0.3 is 0 Å². The van der Waals surface area contributed by atoms with Crippen molar-refractivity contribution in [3.63, 3.8) is 0 Å². The molecule has 21 heavy (non-hydrogen) atoms. The van der Waals surface area contributed by atoms with Crippen LogP contribution < -0.4 is 10.6 Å². The Bertz CT molecular complexity index is 612. The zero-order valence-corrected chi connectivity index (χ0v) is 13.0. The summed E-state index contributed by atoms with van der Waals surface area (Å²) >= 11 is 0. The van der Waals surface area contributed by atoms with Gasteiger partial charge in [0, 0.05) is 29.7 Å². The number of carbonyl (C=O) groups is 1. The minimum atomic E-state index is -0.0180. The molecular weight excluding hydrogens is 311 g/mol. The van der Waals surface area contributed by atoms with Crippen LogP contribution in [-0.2, 0) is 0 Å². The van der Waals surface area contributed by atoms with E-state index in [1.54, 1.807) is 12.4 Å². The zero-order chi connectivity index (χ0) is 12.8. The number of aromatic nitrogens is 2. The number of hydrogen-bond acceptors (Lipinski definition) is 3. The van der Waals surface area contributed by atoms with Crippen LogP contribution in [0.1, 0.15) is 29.8 Å². The highest BCUT2D eigenvalue weighted by atomic mass is 35.5. The lowest BCUT2D eigenvalue weighted by Gasteiger charge is -2.21. The quantitative estimate of drug-likeness (QED) is 0.790. The number of amides is 1. The fourth-order valence-electron chi connectivity index (χ4n) is 3.32. The van der Waals surface area contributed by atoms with Gasteiger partial charge in [-0.2, -0.15) is 0 Å². The zero-order valence-electron chi connectivity index (χ0n) is 11.3. The number of halogens is 2. The molecule has 3 atom stereocenters. The van der Waals surface area contributed by atoms with Crippen molar-refractivity contribution < 1.29 is 4.79 Å². The number of nitrogens with zero attached hydrogens (tertiary/aromatic N) is 1. The molecule has 2 aromatic rings. The molecule has 7 heteroatoms. The van der Waals surface area contributed by atoms with Crippen LogP contribution in [0.25, 0.3) is 10.9 Å². The van der Waals surface area contributed by atoms with Gasteiger partial charge in [0.15, 0.2) is 0 Å². The van der Waals surface area contributed by atoms with Crippen LogP contribution in [0, 0.1) is 0 Å². The number of hydrogen-bond donors (Lipinski definition) is 3. The number of aromatic amines is 1. The molecule has 2 fully saturated rings. The van der Waals surface area contributed by atoms with E-state index < -0.39 is 0 Å². The highest BCUT2D eigenvalue weighted by molar-refractivity contribution is 5.98. The molecule has 5 nitrogen and oxygen atoms in total. The first-order chi connectivity index (χ1) is 9.29. The van der Waals surface area contributed by atoms with E-state index in [9.17, 15) is 4.79 Å². The van der Waals surface area contributed by atoms with Crippen LogP contribution in [0.4, 0.5) is 0 Å². The summed E-state index contributed by atoms with van der Waals surface area (Å²) in [4.78, 5) is 19.4. The van der Waals surface area contributed by atoms with Gasteiger partial charge in [0.05, 0.1) is 11.7 Å². The maximum Gasteiger partial charge on any atom is 0.268 e. The Kier molecular flexibility index (Phi) is 4.76. The van der Waals surface area contributed by atoms with Crippen LogP contribution in [0.2, 0.25) is 0 Å². The van der Waals surface area contributed by atoms with E-state index in [4.69, 9.17) is 0 Å². The standard InChI is InChI=1S/C14H16N4O.2ClH/c19-14(18-11-6-9-1-2-10(11)16-9)12-5-8-3-4-15-7-13(8)17-12;;/h3-5,7,9-11,16-17H,1-2,6H2,(H,18,19);2*1H/t9-,10+,11-;;/m1../s1. The highest BCUT2D eigenvalue weighted by Gasteiger charge is 2.39. The lowest BCUT2D eigenvalue weighted by atomic mass is 9.95. The van der Waals surface area contributed by atoms with Crippen LogP contribution in [0.5, 0.6) is 0 Å². The summed E-state index contributed by atoms with van der Waals surface area (Å²) in [5, 5.41) is 7.68. The van der Waals surface area contributed by atoms with Crippen LogP contribution in [-0.4, -0.2) is 34.0 Å². The fraction of sp³-hybridized carbons (Fsp3) is 0.429. The van der Waals surface area contributed by atoms with Crippen molar-refractivity contribution in [2.24, 2.45) is 0 Å². The Hall–Kier alpha value is -1.30. The molecule has 0 radical (unpaired) electrons. The maximum atomic E-state index is 12.3. The molecule has 1 amide bonds. The third-order valence-corrected chi connectivity index (χ3v) is 4.29. The Labute approximate surface area is 135 Å². The largest absolute Gasteiger partial charge is 0.349 e. The van der Waals surface area contributed by atoms with Gasteiger partial charge in [-0.25, -0.2) is 0 Å². The van der Waals surface area contributed by atoms with Crippen LogP contribution in [0.15, 0.2) is 24.5 Å². The van der Waals surface area contributed by atoms with Gasteiger partial charge in [0.25, 0.3) is 5.91 Å². The summed E-state index contributed by atoms with van der Waals surface area (Å²) in [5.41, 5.74) is 1.52. The first kappa shape index (κ1) is 16.1. The van der Waals surface area contributed by atoms with Crippen LogP contribution >= 0.6 is 24.8 Å². The summed E-state index contributed by atoms with van der Waals surface area (Å²) in [6, 6.07) is 5.12. The summed E-state index contributed by atoms with van der Waals surface area (Å²) in [7, 11) is 0. The maximum absolute atomic E-state index is 12.3. The van der Waals surface area contributed by atoms with E-state index in [1.807, 2.05) is 12.1 Å². The fourth-order valence-corrected chi connectivity index (χ4v) is 3.32. The lowest BCUT2D eigenvalue weighted by molar-refractivity contribution is 0.0927. The van der Waals surface area contributed by atoms with Crippen molar-refractivity contribution in [3.8, 4) is 0 Å². The predicted octanol–water partition coefficient (Wildman–Crippen LogP) is 2.03. The lowest BCUT2D eigenvalue weighted by Crippen LogP contribution is -2.43. The molecule has 0 unspecified atom stereocenters. The Balaban J connectivity index is 0.000000807. The second-order valence-corrected chi connectivity index (χ2v) is 5.51. The molecule has 2 aliphatic rings. The number of fused-ring (bicyclic) bond motifs is 3. The van der Waals surface area contributed by atoms with Crippen molar-refractivity contribution in [1.82, 2.24) is 20.6 Å². The Morgan fingerprint density at radius 1 is 1.33 bits per heavy atom. The van der Waals surface area contributed by atoms with E-state index in [-0.39, 0.29) is 36.8 Å². The van der Waals surface area contributed by atoms with Crippen molar-refractivity contribution >= 4 is 41.6 Å². The molecule has 0 spiro atoms. The molecule has 2 saturated heterocycles. The van der Waals surface area contributed by atoms with E-state index in [0.717, 1.165) is 17.3 Å². The SMILES string of the molecule is Cl.Cl.O=C(N[C@@H]1C[C@H]2CC[C@@H]1N2)c1cc2ccncc2[nH]1. The van der Waals surface area contributed by atoms with Crippen molar-refractivity contribution in [3.05, 3.63) is 30.2 Å². The Morgan fingerprint density at radius 2 is 2.19 bits per heavy atom. The van der Waals surface area contributed by atoms with Gasteiger partial charge in [0.2, 0.25) is 0 Å². The first-order valence-corrected chi connectivity index (χ1v) is 6.79. The molecule has 2 aromatic heterocycles. The molecule has 0 saturated carbocycles. The molecule has 114 valence electrons. The number of rotatable bonds is 2. The number of H-pyrrole nitrogens is 1. The molecule has 3 N–H and O–H groups in total. The predicted molar refractivity (Wildman–Crippen MR) is 86.4 cm³/mol.